The van der Waals surface area contributed by atoms with Gasteiger partial charge in [0.1, 0.15) is 5.54 Å². The zero-order valence-electron chi connectivity index (χ0n) is 11.5. The van der Waals surface area contributed by atoms with Gasteiger partial charge in [0.15, 0.2) is 0 Å². The van der Waals surface area contributed by atoms with E-state index in [1.165, 1.54) is 18.7 Å². The highest BCUT2D eigenvalue weighted by atomic mass is 16.4. The van der Waals surface area contributed by atoms with Crippen LogP contribution in [-0.4, -0.2) is 40.1 Å². The van der Waals surface area contributed by atoms with Crippen LogP contribution in [0.5, 0.6) is 0 Å². The number of urea groups is 1. The SMILES string of the molecule is C#CC(CCC)NC(=O)N(CC)C(C)(C)C(=O)O. The van der Waals surface area contributed by atoms with Crippen LogP contribution < -0.4 is 5.32 Å². The monoisotopic (exact) mass is 254 g/mol. The Morgan fingerprint density at radius 1 is 1.44 bits per heavy atom. The third kappa shape index (κ3) is 3.95. The van der Waals surface area contributed by atoms with Crippen LogP contribution in [0.3, 0.4) is 0 Å². The molecule has 2 N–H and O–H groups in total. The Kier molecular flexibility index (Phi) is 6.24. The summed E-state index contributed by atoms with van der Waals surface area (Å²) in [6, 6.07) is -0.803. The zero-order valence-corrected chi connectivity index (χ0v) is 11.5. The number of likely N-dealkylation sites (N-methyl/N-ethyl adjacent to an activating group) is 1. The van der Waals surface area contributed by atoms with Crippen molar-refractivity contribution in [2.24, 2.45) is 0 Å². The maximum atomic E-state index is 12.0. The average molecular weight is 254 g/mol. The Balaban J connectivity index is 4.83. The highest BCUT2D eigenvalue weighted by molar-refractivity contribution is 5.85. The zero-order chi connectivity index (χ0) is 14.3. The molecule has 18 heavy (non-hydrogen) atoms. The van der Waals surface area contributed by atoms with Gasteiger partial charge in [-0.1, -0.05) is 19.3 Å². The molecule has 0 aromatic carbocycles. The normalized spacial score (nSPS) is 12.4. The van der Waals surface area contributed by atoms with Gasteiger partial charge in [-0.2, -0.15) is 0 Å². The van der Waals surface area contributed by atoms with E-state index in [0.29, 0.717) is 13.0 Å². The number of nitrogens with one attached hydrogen (secondary N) is 1. The van der Waals surface area contributed by atoms with Gasteiger partial charge in [-0.3, -0.25) is 0 Å². The number of nitrogens with zero attached hydrogens (tertiary/aromatic N) is 1. The number of aliphatic carboxylic acids is 1. The molecule has 0 heterocycles. The molecule has 0 aliphatic carbocycles. The predicted molar refractivity (Wildman–Crippen MR) is 70.2 cm³/mol. The fourth-order valence-electron chi connectivity index (χ4n) is 1.62. The second kappa shape index (κ2) is 6.90. The highest BCUT2D eigenvalue weighted by Gasteiger charge is 2.37. The molecule has 0 bridgehead atoms. The summed E-state index contributed by atoms with van der Waals surface area (Å²) in [5.41, 5.74) is -1.26. The van der Waals surface area contributed by atoms with Crippen LogP contribution in [0.4, 0.5) is 4.79 Å². The molecule has 0 rings (SSSR count). The third-order valence-corrected chi connectivity index (χ3v) is 2.84. The van der Waals surface area contributed by atoms with Crippen molar-refractivity contribution in [3.8, 4) is 12.3 Å². The van der Waals surface area contributed by atoms with E-state index >= 15 is 0 Å². The summed E-state index contributed by atoms with van der Waals surface area (Å²) in [5.74, 6) is 1.44. The molecule has 1 atom stereocenters. The lowest BCUT2D eigenvalue weighted by molar-refractivity contribution is -0.147. The smallest absolute Gasteiger partial charge is 0.329 e. The number of carboxylic acid groups (broad SMARTS) is 1. The molecule has 5 nitrogen and oxygen atoms in total. The van der Waals surface area contributed by atoms with Crippen LogP contribution in [0.1, 0.15) is 40.5 Å². The maximum absolute atomic E-state index is 12.0. The number of rotatable bonds is 6. The summed E-state index contributed by atoms with van der Waals surface area (Å²) < 4.78 is 0. The Morgan fingerprint density at radius 3 is 2.33 bits per heavy atom. The van der Waals surface area contributed by atoms with Gasteiger partial charge < -0.3 is 15.3 Å². The van der Waals surface area contributed by atoms with Gasteiger partial charge in [0.05, 0.1) is 6.04 Å². The quantitative estimate of drug-likeness (QED) is 0.709. The first-order valence-electron chi connectivity index (χ1n) is 6.08. The number of hydrogen-bond donors (Lipinski definition) is 2. The van der Waals surface area contributed by atoms with Gasteiger partial charge in [0.25, 0.3) is 0 Å². The lowest BCUT2D eigenvalue weighted by atomic mass is 10.0. The molecule has 0 aromatic heterocycles. The Hall–Kier alpha value is -1.70. The Morgan fingerprint density at radius 2 is 2.00 bits per heavy atom. The molecule has 5 heteroatoms. The van der Waals surface area contributed by atoms with Gasteiger partial charge in [-0.05, 0) is 27.2 Å². The van der Waals surface area contributed by atoms with Crippen LogP contribution in [0.2, 0.25) is 0 Å². The van der Waals surface area contributed by atoms with Crippen LogP contribution in [-0.2, 0) is 4.79 Å². The minimum atomic E-state index is -1.26. The van der Waals surface area contributed by atoms with Crippen molar-refractivity contribution in [1.82, 2.24) is 10.2 Å². The Labute approximate surface area is 109 Å². The van der Waals surface area contributed by atoms with Crippen molar-refractivity contribution in [2.75, 3.05) is 6.54 Å². The molecule has 0 saturated heterocycles. The van der Waals surface area contributed by atoms with Crippen LogP contribution in [0, 0.1) is 12.3 Å². The molecule has 0 aliphatic heterocycles. The van der Waals surface area contributed by atoms with Crippen molar-refractivity contribution in [2.45, 2.75) is 52.1 Å². The molecule has 1 unspecified atom stereocenters. The molecule has 0 spiro atoms. The molecule has 102 valence electrons. The summed E-state index contributed by atoms with van der Waals surface area (Å²) in [6.45, 7) is 6.98. The fraction of sp³-hybridized carbons (Fsp3) is 0.692. The van der Waals surface area contributed by atoms with Gasteiger partial charge in [-0.25, -0.2) is 9.59 Å². The van der Waals surface area contributed by atoms with Crippen LogP contribution in [0.25, 0.3) is 0 Å². The van der Waals surface area contributed by atoms with Crippen molar-refractivity contribution in [3.63, 3.8) is 0 Å². The average Bonchev–Trinajstić information content (AvgIpc) is 2.28. The first-order valence-corrected chi connectivity index (χ1v) is 6.08. The van der Waals surface area contributed by atoms with Crippen molar-refractivity contribution in [3.05, 3.63) is 0 Å². The topological polar surface area (TPSA) is 69.6 Å². The molecule has 0 fully saturated rings. The molecule has 0 aromatic rings. The maximum Gasteiger partial charge on any atom is 0.329 e. The standard InChI is InChI=1S/C13H22N2O3/c1-6-9-10(7-2)14-12(18)15(8-3)13(4,5)11(16)17/h2,10H,6,8-9H2,1,3-5H3,(H,14,18)(H,16,17). The van der Waals surface area contributed by atoms with Crippen molar-refractivity contribution in [1.29, 1.82) is 0 Å². The molecular formula is C13H22N2O3. The van der Waals surface area contributed by atoms with Crippen molar-refractivity contribution >= 4 is 12.0 Å². The first kappa shape index (κ1) is 16.3. The second-order valence-corrected chi connectivity index (χ2v) is 4.57. The molecule has 0 saturated carbocycles. The number of carboxylic acids is 1. The number of carbonyl (C=O) groups excluding carboxylic acids is 1. The van der Waals surface area contributed by atoms with Crippen LogP contribution in [0.15, 0.2) is 0 Å². The van der Waals surface area contributed by atoms with Gasteiger partial charge in [-0.15, -0.1) is 6.42 Å². The van der Waals surface area contributed by atoms with E-state index in [0.717, 1.165) is 6.42 Å². The summed E-state index contributed by atoms with van der Waals surface area (Å²) >= 11 is 0. The molecule has 0 aliphatic rings. The highest BCUT2D eigenvalue weighted by Crippen LogP contribution is 2.15. The predicted octanol–water partition coefficient (Wildman–Crippen LogP) is 1.68. The summed E-state index contributed by atoms with van der Waals surface area (Å²) in [7, 11) is 0. The van der Waals surface area contributed by atoms with E-state index < -0.39 is 17.5 Å². The molecular weight excluding hydrogens is 232 g/mol. The number of amides is 2. The summed E-state index contributed by atoms with van der Waals surface area (Å²) in [4.78, 5) is 24.4. The van der Waals surface area contributed by atoms with Crippen molar-refractivity contribution < 1.29 is 14.7 Å². The fourth-order valence-corrected chi connectivity index (χ4v) is 1.62. The van der Waals surface area contributed by atoms with Crippen LogP contribution >= 0.6 is 0 Å². The summed E-state index contributed by atoms with van der Waals surface area (Å²) in [6.07, 6.45) is 6.84. The van der Waals surface area contributed by atoms with E-state index in [9.17, 15) is 9.59 Å². The van der Waals surface area contributed by atoms with Gasteiger partial charge >= 0.3 is 12.0 Å². The number of terminal acetylenes is 1. The minimum absolute atomic E-state index is 0.300. The Bertz CT molecular complexity index is 345. The number of hydrogen-bond acceptors (Lipinski definition) is 2. The lowest BCUT2D eigenvalue weighted by Crippen LogP contribution is -2.57. The van der Waals surface area contributed by atoms with Gasteiger partial charge in [0, 0.05) is 6.54 Å². The van der Waals surface area contributed by atoms with E-state index in [1.54, 1.807) is 6.92 Å². The van der Waals surface area contributed by atoms with E-state index in [-0.39, 0.29) is 6.04 Å². The summed E-state index contributed by atoms with van der Waals surface area (Å²) in [5, 5.41) is 11.8. The van der Waals surface area contributed by atoms with E-state index in [2.05, 4.69) is 11.2 Å². The first-order chi connectivity index (χ1) is 8.31. The lowest BCUT2D eigenvalue weighted by Gasteiger charge is -2.34. The molecule has 0 radical (unpaired) electrons. The third-order valence-electron chi connectivity index (χ3n) is 2.84. The van der Waals surface area contributed by atoms with E-state index in [4.69, 9.17) is 11.5 Å². The molecule has 2 amide bonds. The van der Waals surface area contributed by atoms with E-state index in [1.807, 2.05) is 6.92 Å². The largest absolute Gasteiger partial charge is 0.480 e. The second-order valence-electron chi connectivity index (χ2n) is 4.57. The van der Waals surface area contributed by atoms with Gasteiger partial charge in [0.2, 0.25) is 0 Å². The number of carbonyl (C=O) groups is 2. The minimum Gasteiger partial charge on any atom is -0.480 e.